The molecule has 3 N–H and O–H groups in total. The summed E-state index contributed by atoms with van der Waals surface area (Å²) in [6.07, 6.45) is 3.31. The van der Waals surface area contributed by atoms with Crippen LogP contribution >= 0.6 is 0 Å². The summed E-state index contributed by atoms with van der Waals surface area (Å²) in [6.45, 7) is 2.14. The van der Waals surface area contributed by atoms with Gasteiger partial charge in [-0.2, -0.15) is 0 Å². The molecule has 1 aromatic rings. The van der Waals surface area contributed by atoms with Crippen LogP contribution in [0.25, 0.3) is 0 Å². The standard InChI is InChI=1S/C8H12N4O/c13-8(6-1-9-2-6)11-4-7-3-10-5-12-7/h3,5-6,9H,1-2,4H2,(H,10,12)(H,11,13). The SMILES string of the molecule is O=C(NCc1cnc[nH]1)C1CNC1. The van der Waals surface area contributed by atoms with E-state index in [0.29, 0.717) is 6.54 Å². The zero-order chi connectivity index (χ0) is 9.10. The highest BCUT2D eigenvalue weighted by atomic mass is 16.2. The summed E-state index contributed by atoms with van der Waals surface area (Å²) in [5.41, 5.74) is 0.931. The Morgan fingerprint density at radius 3 is 3.08 bits per heavy atom. The number of amides is 1. The Bertz CT molecular complexity index is 278. The quantitative estimate of drug-likeness (QED) is 0.573. The van der Waals surface area contributed by atoms with Gasteiger partial charge in [0.1, 0.15) is 0 Å². The summed E-state index contributed by atoms with van der Waals surface area (Å²) < 4.78 is 0. The number of H-pyrrole nitrogens is 1. The Labute approximate surface area is 75.9 Å². The summed E-state index contributed by atoms with van der Waals surface area (Å²) in [5.74, 6) is 0.274. The van der Waals surface area contributed by atoms with Crippen molar-refractivity contribution in [3.63, 3.8) is 0 Å². The van der Waals surface area contributed by atoms with Crippen LogP contribution in [0.5, 0.6) is 0 Å². The molecule has 0 spiro atoms. The topological polar surface area (TPSA) is 69.8 Å². The van der Waals surface area contributed by atoms with Gasteiger partial charge in [-0.25, -0.2) is 4.98 Å². The number of carbonyl (C=O) groups excluding carboxylic acids is 1. The molecule has 5 nitrogen and oxygen atoms in total. The number of nitrogens with zero attached hydrogens (tertiary/aromatic N) is 1. The Kier molecular flexibility index (Phi) is 2.27. The van der Waals surface area contributed by atoms with E-state index in [2.05, 4.69) is 20.6 Å². The number of rotatable bonds is 3. The third-order valence-corrected chi connectivity index (χ3v) is 2.16. The summed E-state index contributed by atoms with van der Waals surface area (Å²) in [6, 6.07) is 0. The van der Waals surface area contributed by atoms with E-state index in [4.69, 9.17) is 0 Å². The maximum Gasteiger partial charge on any atom is 0.226 e. The van der Waals surface area contributed by atoms with E-state index in [0.717, 1.165) is 18.8 Å². The summed E-state index contributed by atoms with van der Waals surface area (Å²) >= 11 is 0. The van der Waals surface area contributed by atoms with Gasteiger partial charge in [-0.15, -0.1) is 0 Å². The van der Waals surface area contributed by atoms with E-state index in [-0.39, 0.29) is 11.8 Å². The lowest BCUT2D eigenvalue weighted by Gasteiger charge is -2.25. The molecule has 2 heterocycles. The molecule has 0 atom stereocenters. The number of nitrogens with one attached hydrogen (secondary N) is 3. The summed E-state index contributed by atoms with van der Waals surface area (Å²) in [7, 11) is 0. The molecule has 0 radical (unpaired) electrons. The molecule has 0 saturated carbocycles. The molecule has 1 saturated heterocycles. The van der Waals surface area contributed by atoms with Crippen LogP contribution in [0.4, 0.5) is 0 Å². The zero-order valence-electron chi connectivity index (χ0n) is 7.21. The van der Waals surface area contributed by atoms with Gasteiger partial charge in [0.05, 0.1) is 24.5 Å². The minimum atomic E-state index is 0.119. The molecule has 0 aromatic carbocycles. The first-order valence-electron chi connectivity index (χ1n) is 4.32. The molecule has 70 valence electrons. The molecule has 0 aliphatic carbocycles. The fourth-order valence-corrected chi connectivity index (χ4v) is 1.18. The minimum absolute atomic E-state index is 0.119. The van der Waals surface area contributed by atoms with Crippen molar-refractivity contribution < 1.29 is 4.79 Å². The molecule has 0 unspecified atom stereocenters. The lowest BCUT2D eigenvalue weighted by molar-refractivity contribution is -0.126. The maximum atomic E-state index is 11.3. The number of hydrogen-bond acceptors (Lipinski definition) is 3. The molecule has 1 amide bonds. The van der Waals surface area contributed by atoms with E-state index < -0.39 is 0 Å². The molecule has 1 aromatic heterocycles. The predicted molar refractivity (Wildman–Crippen MR) is 46.8 cm³/mol. The molecule has 1 aliphatic rings. The minimum Gasteiger partial charge on any atom is -0.350 e. The molecule has 0 bridgehead atoms. The second kappa shape index (κ2) is 3.57. The average molecular weight is 180 g/mol. The lowest BCUT2D eigenvalue weighted by atomic mass is 10.0. The van der Waals surface area contributed by atoms with Crippen molar-refractivity contribution in [2.45, 2.75) is 6.54 Å². The smallest absolute Gasteiger partial charge is 0.226 e. The van der Waals surface area contributed by atoms with E-state index in [9.17, 15) is 4.79 Å². The van der Waals surface area contributed by atoms with E-state index in [1.165, 1.54) is 0 Å². The van der Waals surface area contributed by atoms with Crippen LogP contribution in [-0.4, -0.2) is 29.0 Å². The largest absolute Gasteiger partial charge is 0.350 e. The van der Waals surface area contributed by atoms with Gasteiger partial charge in [0.25, 0.3) is 0 Å². The number of imidazole rings is 1. The molecule has 1 fully saturated rings. The molecule has 1 aliphatic heterocycles. The Hall–Kier alpha value is -1.36. The first kappa shape index (κ1) is 8.25. The molecular formula is C8H12N4O. The average Bonchev–Trinajstić information content (AvgIpc) is 2.49. The van der Waals surface area contributed by atoms with Crippen LogP contribution < -0.4 is 10.6 Å². The third kappa shape index (κ3) is 1.86. The maximum absolute atomic E-state index is 11.3. The fraction of sp³-hybridized carbons (Fsp3) is 0.500. The summed E-state index contributed by atoms with van der Waals surface area (Å²) in [4.78, 5) is 18.1. The Balaban J connectivity index is 1.76. The zero-order valence-corrected chi connectivity index (χ0v) is 7.21. The number of carbonyl (C=O) groups is 1. The van der Waals surface area contributed by atoms with Crippen molar-refractivity contribution in [3.8, 4) is 0 Å². The van der Waals surface area contributed by atoms with E-state index >= 15 is 0 Å². The van der Waals surface area contributed by atoms with Crippen molar-refractivity contribution in [3.05, 3.63) is 18.2 Å². The monoisotopic (exact) mass is 180 g/mol. The normalized spacial score (nSPS) is 16.6. The lowest BCUT2D eigenvalue weighted by Crippen LogP contribution is -2.50. The predicted octanol–water partition coefficient (Wildman–Crippen LogP) is -0.755. The van der Waals surface area contributed by atoms with Gasteiger partial charge >= 0.3 is 0 Å². The highest BCUT2D eigenvalue weighted by Crippen LogP contribution is 2.02. The second-order valence-electron chi connectivity index (χ2n) is 3.15. The van der Waals surface area contributed by atoms with Crippen LogP contribution in [0.1, 0.15) is 5.69 Å². The second-order valence-corrected chi connectivity index (χ2v) is 3.15. The van der Waals surface area contributed by atoms with Gasteiger partial charge < -0.3 is 15.6 Å². The first-order chi connectivity index (χ1) is 6.36. The highest BCUT2D eigenvalue weighted by molar-refractivity contribution is 5.79. The van der Waals surface area contributed by atoms with Crippen molar-refractivity contribution in [2.75, 3.05) is 13.1 Å². The molecular weight excluding hydrogens is 168 g/mol. The first-order valence-corrected chi connectivity index (χ1v) is 4.32. The number of aromatic nitrogens is 2. The van der Waals surface area contributed by atoms with E-state index in [1.807, 2.05) is 0 Å². The van der Waals surface area contributed by atoms with Gasteiger partial charge in [-0.05, 0) is 0 Å². The molecule has 2 rings (SSSR count). The molecule has 5 heteroatoms. The van der Waals surface area contributed by atoms with Crippen LogP contribution in [0.2, 0.25) is 0 Å². The van der Waals surface area contributed by atoms with Gasteiger partial charge in [0.2, 0.25) is 5.91 Å². The van der Waals surface area contributed by atoms with Gasteiger partial charge in [0.15, 0.2) is 0 Å². The van der Waals surface area contributed by atoms with Crippen LogP contribution in [0.15, 0.2) is 12.5 Å². The van der Waals surface area contributed by atoms with Gasteiger partial charge in [-0.1, -0.05) is 0 Å². The Morgan fingerprint density at radius 1 is 1.69 bits per heavy atom. The van der Waals surface area contributed by atoms with Crippen LogP contribution in [0.3, 0.4) is 0 Å². The summed E-state index contributed by atoms with van der Waals surface area (Å²) in [5, 5.41) is 5.89. The molecule has 13 heavy (non-hydrogen) atoms. The van der Waals surface area contributed by atoms with Crippen LogP contribution in [0, 0.1) is 5.92 Å². The van der Waals surface area contributed by atoms with Crippen molar-refractivity contribution in [2.24, 2.45) is 5.92 Å². The van der Waals surface area contributed by atoms with Crippen LogP contribution in [-0.2, 0) is 11.3 Å². The number of hydrogen-bond donors (Lipinski definition) is 3. The van der Waals surface area contributed by atoms with Gasteiger partial charge in [-0.3, -0.25) is 4.79 Å². The fourth-order valence-electron chi connectivity index (χ4n) is 1.18. The Morgan fingerprint density at radius 2 is 2.54 bits per heavy atom. The van der Waals surface area contributed by atoms with Crippen molar-refractivity contribution in [1.82, 2.24) is 20.6 Å². The highest BCUT2D eigenvalue weighted by Gasteiger charge is 2.24. The number of aromatic amines is 1. The van der Waals surface area contributed by atoms with Crippen molar-refractivity contribution >= 4 is 5.91 Å². The van der Waals surface area contributed by atoms with Gasteiger partial charge in [0, 0.05) is 19.3 Å². The third-order valence-electron chi connectivity index (χ3n) is 2.16. The van der Waals surface area contributed by atoms with Crippen molar-refractivity contribution in [1.29, 1.82) is 0 Å². The van der Waals surface area contributed by atoms with E-state index in [1.54, 1.807) is 12.5 Å².